The van der Waals surface area contributed by atoms with Crippen LogP contribution in [0, 0.1) is 13.8 Å². The molecule has 0 spiro atoms. The van der Waals surface area contributed by atoms with E-state index in [4.69, 9.17) is 0 Å². The monoisotopic (exact) mass is 339 g/mol. The van der Waals surface area contributed by atoms with Crippen molar-refractivity contribution in [2.45, 2.75) is 13.8 Å². The predicted molar refractivity (Wildman–Crippen MR) is 95.9 cm³/mol. The molecule has 0 aromatic carbocycles. The van der Waals surface area contributed by atoms with Crippen molar-refractivity contribution in [1.82, 2.24) is 14.5 Å². The molecule has 1 fully saturated rings. The summed E-state index contributed by atoms with van der Waals surface area (Å²) in [6, 6.07) is 5.87. The Morgan fingerprint density at radius 1 is 1.33 bits per heavy atom. The molecular formula is C18H17N3O2S. The van der Waals surface area contributed by atoms with Crippen LogP contribution in [0.25, 0.3) is 11.8 Å². The van der Waals surface area contributed by atoms with Crippen molar-refractivity contribution in [3.05, 3.63) is 65.1 Å². The van der Waals surface area contributed by atoms with Gasteiger partial charge in [-0.3, -0.25) is 19.5 Å². The molecule has 3 rings (SSSR count). The van der Waals surface area contributed by atoms with Gasteiger partial charge in [0.15, 0.2) is 0 Å². The van der Waals surface area contributed by atoms with Gasteiger partial charge in [0, 0.05) is 24.1 Å². The first-order valence-corrected chi connectivity index (χ1v) is 8.30. The number of pyridine rings is 1. The Balaban J connectivity index is 1.99. The largest absolute Gasteiger partial charge is 0.316 e. The molecule has 0 bridgehead atoms. The fraction of sp³-hybridized carbons (Fsp3) is 0.167. The lowest BCUT2D eigenvalue weighted by molar-refractivity contribution is -0.122. The van der Waals surface area contributed by atoms with Crippen LogP contribution in [-0.2, 0) is 4.79 Å². The van der Waals surface area contributed by atoms with E-state index in [0.717, 1.165) is 34.4 Å². The van der Waals surface area contributed by atoms with E-state index in [1.165, 1.54) is 4.90 Å². The lowest BCUT2D eigenvalue weighted by atomic mass is 10.2. The van der Waals surface area contributed by atoms with Crippen LogP contribution in [0.3, 0.4) is 0 Å². The molecule has 2 amide bonds. The molecule has 1 aliphatic heterocycles. The number of aryl methyl sites for hydroxylation is 1. The topological polar surface area (TPSA) is 55.2 Å². The molecule has 0 atom stereocenters. The molecule has 0 radical (unpaired) electrons. The molecule has 2 aromatic heterocycles. The number of aromatic nitrogens is 2. The van der Waals surface area contributed by atoms with Gasteiger partial charge < -0.3 is 4.57 Å². The molecule has 0 N–H and O–H groups in total. The Labute approximate surface area is 144 Å². The molecule has 0 unspecified atom stereocenters. The van der Waals surface area contributed by atoms with Crippen LogP contribution in [0.15, 0.2) is 48.2 Å². The summed E-state index contributed by atoms with van der Waals surface area (Å²) >= 11 is 0.965. The summed E-state index contributed by atoms with van der Waals surface area (Å²) in [7, 11) is 0. The van der Waals surface area contributed by atoms with Crippen LogP contribution in [0.5, 0.6) is 0 Å². The highest BCUT2D eigenvalue weighted by Crippen LogP contribution is 2.33. The molecule has 2 aromatic rings. The zero-order chi connectivity index (χ0) is 17.3. The number of nitrogens with zero attached hydrogens (tertiary/aromatic N) is 3. The Bertz CT molecular complexity index is 853. The van der Waals surface area contributed by atoms with E-state index in [2.05, 4.69) is 16.1 Å². The third kappa shape index (κ3) is 2.80. The highest BCUT2D eigenvalue weighted by Gasteiger charge is 2.34. The third-order valence-corrected chi connectivity index (χ3v) is 4.75. The van der Waals surface area contributed by atoms with Crippen LogP contribution in [0.1, 0.15) is 17.0 Å². The quantitative estimate of drug-likeness (QED) is 0.629. The molecule has 6 heteroatoms. The number of hydrogen-bond donors (Lipinski definition) is 0. The Kier molecular flexibility index (Phi) is 4.40. The van der Waals surface area contributed by atoms with Gasteiger partial charge in [-0.1, -0.05) is 6.08 Å². The fourth-order valence-corrected chi connectivity index (χ4v) is 3.58. The van der Waals surface area contributed by atoms with Crippen LogP contribution in [-0.4, -0.2) is 32.1 Å². The number of carbonyl (C=O) groups is 2. The average molecular weight is 339 g/mol. The van der Waals surface area contributed by atoms with Gasteiger partial charge in [0.05, 0.1) is 16.8 Å². The molecule has 24 heavy (non-hydrogen) atoms. The second-order valence-corrected chi connectivity index (χ2v) is 6.45. The number of imide groups is 1. The fourth-order valence-electron chi connectivity index (χ4n) is 2.74. The van der Waals surface area contributed by atoms with E-state index in [-0.39, 0.29) is 17.7 Å². The smallest absolute Gasteiger partial charge is 0.293 e. The summed E-state index contributed by atoms with van der Waals surface area (Å²) in [5.74, 6) is -0.268. The normalized spacial score (nSPS) is 16.2. The predicted octanol–water partition coefficient (Wildman–Crippen LogP) is 3.71. The number of amides is 2. The van der Waals surface area contributed by atoms with Crippen molar-refractivity contribution in [1.29, 1.82) is 0 Å². The molecule has 122 valence electrons. The van der Waals surface area contributed by atoms with Gasteiger partial charge in [0.2, 0.25) is 0 Å². The minimum atomic E-state index is -0.268. The van der Waals surface area contributed by atoms with Gasteiger partial charge in [0.1, 0.15) is 0 Å². The zero-order valence-corrected chi connectivity index (χ0v) is 14.3. The number of carbonyl (C=O) groups excluding carboxylic acids is 2. The maximum atomic E-state index is 12.3. The standard InChI is InChI=1S/C18H17N3O2S/c1-4-8-20-17(22)16(24-18(20)23)10-14-9-12(2)21(13(14)3)15-6-5-7-19-11-15/h4-7,9-11H,1,8H2,2-3H3. The van der Waals surface area contributed by atoms with Crippen molar-refractivity contribution < 1.29 is 9.59 Å². The molecule has 1 saturated heterocycles. The Morgan fingerprint density at radius 3 is 2.79 bits per heavy atom. The van der Waals surface area contributed by atoms with E-state index in [9.17, 15) is 9.59 Å². The lowest BCUT2D eigenvalue weighted by Gasteiger charge is -2.09. The lowest BCUT2D eigenvalue weighted by Crippen LogP contribution is -2.27. The van der Waals surface area contributed by atoms with Gasteiger partial charge >= 0.3 is 0 Å². The molecule has 1 aliphatic rings. The van der Waals surface area contributed by atoms with E-state index < -0.39 is 0 Å². The van der Waals surface area contributed by atoms with E-state index >= 15 is 0 Å². The van der Waals surface area contributed by atoms with Gasteiger partial charge in [-0.05, 0) is 55.4 Å². The Hall–Kier alpha value is -2.60. The molecule has 3 heterocycles. The summed E-state index contributed by atoms with van der Waals surface area (Å²) in [5.41, 5.74) is 3.92. The molecule has 5 nitrogen and oxygen atoms in total. The number of thioether (sulfide) groups is 1. The highest BCUT2D eigenvalue weighted by atomic mass is 32.2. The van der Waals surface area contributed by atoms with Crippen molar-refractivity contribution in [2.24, 2.45) is 0 Å². The molecule has 0 aliphatic carbocycles. The number of rotatable bonds is 4. The first kappa shape index (κ1) is 16.3. The van der Waals surface area contributed by atoms with Crippen molar-refractivity contribution in [2.75, 3.05) is 6.54 Å². The summed E-state index contributed by atoms with van der Waals surface area (Å²) in [6.45, 7) is 7.80. The number of hydrogen-bond acceptors (Lipinski definition) is 4. The summed E-state index contributed by atoms with van der Waals surface area (Å²) < 4.78 is 2.08. The highest BCUT2D eigenvalue weighted by molar-refractivity contribution is 8.18. The van der Waals surface area contributed by atoms with Crippen LogP contribution in [0.2, 0.25) is 0 Å². The maximum absolute atomic E-state index is 12.3. The van der Waals surface area contributed by atoms with Crippen LogP contribution < -0.4 is 0 Å². The van der Waals surface area contributed by atoms with Crippen molar-refractivity contribution >= 4 is 29.0 Å². The van der Waals surface area contributed by atoms with E-state index in [1.807, 2.05) is 32.0 Å². The van der Waals surface area contributed by atoms with Gasteiger partial charge in [-0.2, -0.15) is 0 Å². The maximum Gasteiger partial charge on any atom is 0.293 e. The summed E-state index contributed by atoms with van der Waals surface area (Å²) in [4.78, 5) is 30.0. The first-order valence-electron chi connectivity index (χ1n) is 7.48. The average Bonchev–Trinajstić information content (AvgIpc) is 2.99. The van der Waals surface area contributed by atoms with Gasteiger partial charge in [0.25, 0.3) is 11.1 Å². The SMILES string of the molecule is C=CCN1C(=O)SC(=Cc2cc(C)n(-c3cccnc3)c2C)C1=O. The van der Waals surface area contributed by atoms with Gasteiger partial charge in [-0.25, -0.2) is 0 Å². The van der Waals surface area contributed by atoms with Crippen molar-refractivity contribution in [3.8, 4) is 5.69 Å². The second-order valence-electron chi connectivity index (χ2n) is 5.45. The van der Waals surface area contributed by atoms with E-state index in [1.54, 1.807) is 24.5 Å². The zero-order valence-electron chi connectivity index (χ0n) is 13.5. The first-order chi connectivity index (χ1) is 11.5. The van der Waals surface area contributed by atoms with Gasteiger partial charge in [-0.15, -0.1) is 6.58 Å². The molecule has 0 saturated carbocycles. The van der Waals surface area contributed by atoms with Crippen LogP contribution in [0.4, 0.5) is 4.79 Å². The third-order valence-electron chi connectivity index (χ3n) is 3.85. The minimum Gasteiger partial charge on any atom is -0.316 e. The van der Waals surface area contributed by atoms with Crippen LogP contribution >= 0.6 is 11.8 Å². The van der Waals surface area contributed by atoms with E-state index in [0.29, 0.717) is 4.91 Å². The second kappa shape index (κ2) is 6.49. The van der Waals surface area contributed by atoms with Crippen molar-refractivity contribution in [3.63, 3.8) is 0 Å². The summed E-state index contributed by atoms with van der Waals surface area (Å²) in [6.07, 6.45) is 6.85. The summed E-state index contributed by atoms with van der Waals surface area (Å²) in [5, 5.41) is -0.257. The molecular weight excluding hydrogens is 322 g/mol. The Morgan fingerprint density at radius 2 is 2.12 bits per heavy atom. The minimum absolute atomic E-state index is 0.233.